The lowest BCUT2D eigenvalue weighted by Gasteiger charge is -2.14. The van der Waals surface area contributed by atoms with E-state index >= 15 is 0 Å². The van der Waals surface area contributed by atoms with Crippen molar-refractivity contribution in [3.63, 3.8) is 0 Å². The van der Waals surface area contributed by atoms with Gasteiger partial charge in [0, 0.05) is 35.4 Å². The number of halogens is 4. The summed E-state index contributed by atoms with van der Waals surface area (Å²) in [5.41, 5.74) is 3.46. The fourth-order valence-electron chi connectivity index (χ4n) is 2.97. The summed E-state index contributed by atoms with van der Waals surface area (Å²) >= 11 is 11.9. The van der Waals surface area contributed by atoms with Gasteiger partial charge in [0.1, 0.15) is 5.52 Å². The minimum Gasteiger partial charge on any atom is -0.478 e. The molecule has 0 amide bonds. The molecule has 0 saturated carbocycles. The van der Waals surface area contributed by atoms with Crippen LogP contribution in [0.4, 0.5) is 5.69 Å². The Balaban J connectivity index is 0.00000225. The van der Waals surface area contributed by atoms with Crippen molar-refractivity contribution in [2.75, 3.05) is 37.4 Å². The van der Waals surface area contributed by atoms with Crippen LogP contribution in [0, 0.1) is 0 Å². The van der Waals surface area contributed by atoms with Crippen LogP contribution in [-0.2, 0) is 0 Å². The van der Waals surface area contributed by atoms with Crippen LogP contribution in [0.3, 0.4) is 0 Å². The Bertz CT molecular complexity index is 926. The molecule has 0 spiro atoms. The molecule has 0 aliphatic carbocycles. The van der Waals surface area contributed by atoms with Crippen molar-refractivity contribution in [1.82, 2.24) is 15.3 Å². The molecule has 30 heavy (non-hydrogen) atoms. The van der Waals surface area contributed by atoms with Gasteiger partial charge in [0.25, 0.3) is 0 Å². The minimum absolute atomic E-state index is 0. The number of pyridine rings is 2. The lowest BCUT2D eigenvalue weighted by Crippen LogP contribution is -2.20. The first-order valence-electron chi connectivity index (χ1n) is 9.76. The van der Waals surface area contributed by atoms with Crippen molar-refractivity contribution in [3.05, 3.63) is 35.4 Å². The predicted octanol–water partition coefficient (Wildman–Crippen LogP) is 6.09. The fourth-order valence-corrected chi connectivity index (χ4v) is 3.27. The second-order valence-corrected chi connectivity index (χ2v) is 7.40. The van der Waals surface area contributed by atoms with Crippen molar-refractivity contribution in [3.8, 4) is 5.88 Å². The molecular weight excluding hydrogens is 466 g/mol. The van der Waals surface area contributed by atoms with E-state index in [2.05, 4.69) is 17.6 Å². The number of anilines is 1. The molecule has 0 atom stereocenters. The van der Waals surface area contributed by atoms with Crippen molar-refractivity contribution >= 4 is 75.6 Å². The summed E-state index contributed by atoms with van der Waals surface area (Å²) in [5, 5.41) is 8.52. The number of hydrogen-bond acceptors (Lipinski definition) is 5. The molecule has 1 aromatic carbocycles. The molecule has 166 valence electrons. The summed E-state index contributed by atoms with van der Waals surface area (Å²) in [5.74, 6) is 1.25. The van der Waals surface area contributed by atoms with Gasteiger partial charge in [-0.15, -0.1) is 36.4 Å². The second kappa shape index (κ2) is 13.9. The average molecular weight is 494 g/mol. The summed E-state index contributed by atoms with van der Waals surface area (Å²) in [6, 6.07) is 9.59. The molecular formula is C21H28Cl4N4O. The zero-order valence-corrected chi connectivity index (χ0v) is 20.1. The number of alkyl halides is 1. The Morgan fingerprint density at radius 3 is 2.57 bits per heavy atom. The number of unbranched alkanes of at least 4 members (excludes halogenated alkanes) is 1. The molecule has 0 saturated heterocycles. The Kier molecular flexibility index (Phi) is 12.5. The smallest absolute Gasteiger partial charge is 0.213 e. The fraction of sp³-hybridized carbons (Fsp3) is 0.429. The third kappa shape index (κ3) is 7.17. The van der Waals surface area contributed by atoms with Crippen LogP contribution >= 0.6 is 48.0 Å². The van der Waals surface area contributed by atoms with E-state index in [-0.39, 0.29) is 24.8 Å². The first-order valence-corrected chi connectivity index (χ1v) is 10.7. The molecule has 0 fully saturated rings. The van der Waals surface area contributed by atoms with E-state index in [1.807, 2.05) is 30.3 Å². The van der Waals surface area contributed by atoms with E-state index in [1.54, 1.807) is 0 Å². The molecule has 0 radical (unpaired) electrons. The maximum atomic E-state index is 6.18. The number of fused-ring (bicyclic) bond motifs is 2. The maximum absolute atomic E-state index is 6.18. The zero-order chi connectivity index (χ0) is 19.8. The van der Waals surface area contributed by atoms with E-state index in [0.29, 0.717) is 23.4 Å². The molecule has 2 N–H and O–H groups in total. The van der Waals surface area contributed by atoms with Gasteiger partial charge in [0.2, 0.25) is 5.88 Å². The first-order chi connectivity index (χ1) is 13.7. The highest BCUT2D eigenvalue weighted by atomic mass is 35.5. The highest BCUT2D eigenvalue weighted by molar-refractivity contribution is 6.31. The molecule has 9 heteroatoms. The first kappa shape index (κ1) is 26.8. The predicted molar refractivity (Wildman–Crippen MR) is 134 cm³/mol. The van der Waals surface area contributed by atoms with E-state index in [9.17, 15) is 0 Å². The quantitative estimate of drug-likeness (QED) is 0.192. The zero-order valence-electron chi connectivity index (χ0n) is 16.9. The normalized spacial score (nSPS) is 10.5. The molecule has 3 rings (SSSR count). The topological polar surface area (TPSA) is 59.1 Å². The summed E-state index contributed by atoms with van der Waals surface area (Å²) in [7, 11) is 0. The molecule has 0 unspecified atom stereocenters. The van der Waals surface area contributed by atoms with Gasteiger partial charge >= 0.3 is 0 Å². The largest absolute Gasteiger partial charge is 0.478 e. The SMILES string of the molecule is CCCCOc1ccc2nc3cc(Cl)ccc3c(NCCCNCCCl)c2n1.Cl.Cl. The molecule has 0 bridgehead atoms. The maximum Gasteiger partial charge on any atom is 0.213 e. The number of benzene rings is 1. The van der Waals surface area contributed by atoms with Crippen molar-refractivity contribution in [2.24, 2.45) is 0 Å². The highest BCUT2D eigenvalue weighted by Gasteiger charge is 2.12. The number of hydrogen-bond donors (Lipinski definition) is 2. The van der Waals surface area contributed by atoms with Gasteiger partial charge < -0.3 is 15.4 Å². The van der Waals surface area contributed by atoms with Crippen molar-refractivity contribution < 1.29 is 4.74 Å². The lowest BCUT2D eigenvalue weighted by molar-refractivity contribution is 0.299. The molecule has 0 aliphatic rings. The van der Waals surface area contributed by atoms with Gasteiger partial charge in [-0.25, -0.2) is 9.97 Å². The molecule has 0 aliphatic heterocycles. The van der Waals surface area contributed by atoms with Gasteiger partial charge in [0.05, 0.1) is 23.3 Å². The molecule has 3 aromatic rings. The van der Waals surface area contributed by atoms with E-state index in [4.69, 9.17) is 37.9 Å². The Labute approximate surface area is 200 Å². The Morgan fingerprint density at radius 2 is 1.80 bits per heavy atom. The van der Waals surface area contributed by atoms with Crippen LogP contribution in [0.5, 0.6) is 5.88 Å². The lowest BCUT2D eigenvalue weighted by atomic mass is 10.1. The van der Waals surface area contributed by atoms with E-state index in [0.717, 1.165) is 66.5 Å². The standard InChI is InChI=1S/C21H26Cl2N4O.2ClH/c1-2-3-13-28-19-8-7-17-21(27-19)20(25-11-4-10-24-12-9-22)16-6-5-15(23)14-18(16)26-17;;/h5-8,14,24H,2-4,9-13H2,1H3,(H,25,26);2*1H. The van der Waals surface area contributed by atoms with Gasteiger partial charge in [-0.3, -0.25) is 0 Å². The Morgan fingerprint density at radius 1 is 0.967 bits per heavy atom. The highest BCUT2D eigenvalue weighted by Crippen LogP contribution is 2.32. The number of rotatable bonds is 11. The van der Waals surface area contributed by atoms with E-state index < -0.39 is 0 Å². The number of nitrogens with zero attached hydrogens (tertiary/aromatic N) is 2. The second-order valence-electron chi connectivity index (χ2n) is 6.59. The Hall–Kier alpha value is -1.24. The van der Waals surface area contributed by atoms with Gasteiger partial charge in [-0.2, -0.15) is 0 Å². The summed E-state index contributed by atoms with van der Waals surface area (Å²) in [6.07, 6.45) is 3.07. The van der Waals surface area contributed by atoms with Crippen LogP contribution in [0.2, 0.25) is 5.02 Å². The number of nitrogens with one attached hydrogen (secondary N) is 2. The molecule has 2 heterocycles. The van der Waals surface area contributed by atoms with Gasteiger partial charge in [-0.05, 0) is 43.7 Å². The third-order valence-corrected chi connectivity index (χ3v) is 4.83. The summed E-state index contributed by atoms with van der Waals surface area (Å²) in [4.78, 5) is 9.47. The molecule has 2 aromatic heterocycles. The average Bonchev–Trinajstić information content (AvgIpc) is 2.70. The van der Waals surface area contributed by atoms with Gasteiger partial charge in [0.15, 0.2) is 0 Å². The third-order valence-electron chi connectivity index (χ3n) is 4.41. The van der Waals surface area contributed by atoms with Gasteiger partial charge in [-0.1, -0.05) is 24.9 Å². The molecule has 5 nitrogen and oxygen atoms in total. The van der Waals surface area contributed by atoms with Crippen molar-refractivity contribution in [1.29, 1.82) is 0 Å². The van der Waals surface area contributed by atoms with Crippen LogP contribution in [0.25, 0.3) is 21.9 Å². The summed E-state index contributed by atoms with van der Waals surface area (Å²) < 4.78 is 5.80. The van der Waals surface area contributed by atoms with Crippen molar-refractivity contribution in [2.45, 2.75) is 26.2 Å². The van der Waals surface area contributed by atoms with Crippen LogP contribution in [0.1, 0.15) is 26.2 Å². The van der Waals surface area contributed by atoms with Crippen LogP contribution < -0.4 is 15.4 Å². The number of ether oxygens (including phenoxy) is 1. The minimum atomic E-state index is 0. The van der Waals surface area contributed by atoms with Crippen LogP contribution in [-0.4, -0.2) is 42.1 Å². The van der Waals surface area contributed by atoms with Crippen LogP contribution in [0.15, 0.2) is 30.3 Å². The number of aromatic nitrogens is 2. The monoisotopic (exact) mass is 492 g/mol. The summed E-state index contributed by atoms with van der Waals surface area (Å²) in [6.45, 7) is 5.35. The van der Waals surface area contributed by atoms with E-state index in [1.165, 1.54) is 0 Å².